The molecule has 250 valence electrons. The maximum atomic E-state index is 13.2. The first-order chi connectivity index (χ1) is 23.5. The minimum Gasteiger partial charge on any atom is -0.462 e. The van der Waals surface area contributed by atoms with Crippen LogP contribution in [0.5, 0.6) is 6.01 Å². The van der Waals surface area contributed by atoms with Crippen molar-refractivity contribution in [3.63, 3.8) is 0 Å². The summed E-state index contributed by atoms with van der Waals surface area (Å²) < 4.78 is 18.5. The lowest BCUT2D eigenvalue weighted by Crippen LogP contribution is -2.57. The molecule has 0 N–H and O–H groups in total. The summed E-state index contributed by atoms with van der Waals surface area (Å²) in [5, 5.41) is 2.41. The molecule has 6 rings (SSSR count). The van der Waals surface area contributed by atoms with Crippen molar-refractivity contribution in [1.29, 1.82) is 0 Å². The number of rotatable bonds is 11. The third kappa shape index (κ3) is 7.38. The number of hydrogen-bond acceptors (Lipinski definition) is 8. The topological polar surface area (TPSA) is 84.6 Å². The maximum Gasteiger partial charge on any atom is 0.410 e. The van der Waals surface area contributed by atoms with Crippen LogP contribution in [0.15, 0.2) is 66.7 Å². The van der Waals surface area contributed by atoms with Crippen molar-refractivity contribution < 1.29 is 19.0 Å². The zero-order valence-electron chi connectivity index (χ0n) is 28.1. The summed E-state index contributed by atoms with van der Waals surface area (Å²) in [6, 6.07) is 22.4. The van der Waals surface area contributed by atoms with Gasteiger partial charge < -0.3 is 28.9 Å². The predicted octanol–water partition coefficient (Wildman–Crippen LogP) is 6.22. The number of carbonyl (C=O) groups is 1. The van der Waals surface area contributed by atoms with Crippen LogP contribution in [0.3, 0.4) is 0 Å². The molecule has 2 atom stereocenters. The van der Waals surface area contributed by atoms with Gasteiger partial charge >= 0.3 is 12.1 Å². The molecule has 1 aromatic heterocycles. The van der Waals surface area contributed by atoms with Crippen LogP contribution in [0.25, 0.3) is 15.6 Å². The van der Waals surface area contributed by atoms with Crippen molar-refractivity contribution >= 4 is 22.7 Å². The van der Waals surface area contributed by atoms with Crippen LogP contribution in [0.1, 0.15) is 47.9 Å². The molecule has 1 unspecified atom stereocenters. The Hall–Kier alpha value is -4.72. The SMILES string of the molecule is [C-]#[N+]C[C@H]1CN(c2nc(OCCN(CC)CC)nc3c2COC(c2cccc4cccc(C)c24)C3)CCN1C(=O)OCc1ccccc1. The van der Waals surface area contributed by atoms with E-state index in [0.29, 0.717) is 45.3 Å². The molecule has 10 nitrogen and oxygen atoms in total. The van der Waals surface area contributed by atoms with Crippen LogP contribution in [-0.4, -0.2) is 84.3 Å². The fourth-order valence-corrected chi connectivity index (χ4v) is 6.74. The van der Waals surface area contributed by atoms with Gasteiger partial charge in [0.1, 0.15) is 25.1 Å². The van der Waals surface area contributed by atoms with Crippen molar-refractivity contribution in [1.82, 2.24) is 19.8 Å². The number of aromatic nitrogens is 2. The maximum absolute atomic E-state index is 13.2. The van der Waals surface area contributed by atoms with Gasteiger partial charge in [0, 0.05) is 38.2 Å². The third-order valence-corrected chi connectivity index (χ3v) is 9.41. The molecule has 0 aliphatic carbocycles. The molecule has 0 bridgehead atoms. The van der Waals surface area contributed by atoms with Gasteiger partial charge in [-0.2, -0.15) is 9.97 Å². The van der Waals surface area contributed by atoms with E-state index in [9.17, 15) is 4.79 Å². The molecular formula is C38H44N6O4. The molecule has 4 aromatic rings. The Morgan fingerprint density at radius 1 is 1.04 bits per heavy atom. The standard InChI is InChI=1S/C38H44N6O4/c1-5-42(6-2)20-21-46-37-40-33-22-34(31-17-11-16-29-15-10-12-27(3)35(29)31)47-26-32(33)36(41-37)43-18-19-44(30(24-43)23-39-4)38(45)48-25-28-13-8-7-9-14-28/h7-17,30,34H,5-6,18-26H2,1-3H3/t30-,34?/m0/s1. The Morgan fingerprint density at radius 3 is 2.60 bits per heavy atom. The van der Waals surface area contributed by atoms with Crippen molar-refractivity contribution in [3.05, 3.63) is 106 Å². The molecule has 3 heterocycles. The highest BCUT2D eigenvalue weighted by Gasteiger charge is 2.37. The highest BCUT2D eigenvalue weighted by Crippen LogP contribution is 2.38. The van der Waals surface area contributed by atoms with Crippen LogP contribution >= 0.6 is 0 Å². The number of benzene rings is 3. The number of piperazine rings is 1. The normalized spacial score (nSPS) is 17.6. The third-order valence-electron chi connectivity index (χ3n) is 9.41. The van der Waals surface area contributed by atoms with E-state index in [1.165, 1.54) is 16.3 Å². The number of carbonyl (C=O) groups excluding carboxylic acids is 1. The Kier molecular flexibility index (Phi) is 10.7. The van der Waals surface area contributed by atoms with E-state index in [-0.39, 0.29) is 25.3 Å². The van der Waals surface area contributed by atoms with Crippen LogP contribution in [-0.2, 0) is 29.1 Å². The summed E-state index contributed by atoms with van der Waals surface area (Å²) in [5.41, 5.74) is 5.13. The second-order valence-corrected chi connectivity index (χ2v) is 12.3. The molecular weight excluding hydrogens is 604 g/mol. The number of ether oxygens (including phenoxy) is 3. The molecule has 2 aliphatic heterocycles. The van der Waals surface area contributed by atoms with E-state index in [4.69, 9.17) is 30.8 Å². The van der Waals surface area contributed by atoms with Gasteiger partial charge in [-0.15, -0.1) is 0 Å². The average Bonchev–Trinajstić information content (AvgIpc) is 3.12. The van der Waals surface area contributed by atoms with Crippen molar-refractivity contribution in [2.75, 3.05) is 57.3 Å². The van der Waals surface area contributed by atoms with E-state index in [1.807, 2.05) is 30.3 Å². The Morgan fingerprint density at radius 2 is 1.83 bits per heavy atom. The van der Waals surface area contributed by atoms with Crippen LogP contribution in [0, 0.1) is 13.5 Å². The monoisotopic (exact) mass is 648 g/mol. The number of anilines is 1. The number of likely N-dealkylation sites (N-methyl/N-ethyl adjacent to an activating group) is 1. The van der Waals surface area contributed by atoms with E-state index < -0.39 is 6.09 Å². The van der Waals surface area contributed by atoms with Gasteiger partial charge in [0.2, 0.25) is 6.54 Å². The first kappa shape index (κ1) is 33.2. The zero-order chi connectivity index (χ0) is 33.5. The summed E-state index contributed by atoms with van der Waals surface area (Å²) in [6.45, 7) is 19.3. The molecule has 10 heteroatoms. The van der Waals surface area contributed by atoms with Crippen LogP contribution in [0.4, 0.5) is 10.6 Å². The van der Waals surface area contributed by atoms with Crippen molar-refractivity contribution in [3.8, 4) is 6.01 Å². The second-order valence-electron chi connectivity index (χ2n) is 12.3. The molecule has 2 aliphatic rings. The first-order valence-corrected chi connectivity index (χ1v) is 16.9. The van der Waals surface area contributed by atoms with Gasteiger partial charge in [-0.25, -0.2) is 11.4 Å². The van der Waals surface area contributed by atoms with Gasteiger partial charge in [0.05, 0.1) is 18.4 Å². The molecule has 1 amide bonds. The van der Waals surface area contributed by atoms with Gasteiger partial charge in [-0.3, -0.25) is 4.90 Å². The van der Waals surface area contributed by atoms with Crippen molar-refractivity contribution in [2.45, 2.75) is 52.6 Å². The minimum atomic E-state index is -0.408. The molecule has 48 heavy (non-hydrogen) atoms. The minimum absolute atomic E-state index is 0.163. The number of nitrogens with zero attached hydrogens (tertiary/aromatic N) is 6. The van der Waals surface area contributed by atoms with E-state index in [0.717, 1.165) is 47.8 Å². The lowest BCUT2D eigenvalue weighted by atomic mass is 9.92. The molecule has 3 aromatic carbocycles. The predicted molar refractivity (Wildman–Crippen MR) is 186 cm³/mol. The lowest BCUT2D eigenvalue weighted by Gasteiger charge is -2.40. The van der Waals surface area contributed by atoms with E-state index in [1.54, 1.807) is 4.90 Å². The fraction of sp³-hybridized carbons (Fsp3) is 0.421. The molecule has 1 fully saturated rings. The fourth-order valence-electron chi connectivity index (χ4n) is 6.74. The van der Waals surface area contributed by atoms with E-state index >= 15 is 0 Å². The molecule has 0 radical (unpaired) electrons. The highest BCUT2D eigenvalue weighted by atomic mass is 16.6. The summed E-state index contributed by atoms with van der Waals surface area (Å²) in [6.07, 6.45) is 0.00984. The largest absolute Gasteiger partial charge is 0.462 e. The van der Waals surface area contributed by atoms with Gasteiger partial charge in [0.25, 0.3) is 0 Å². The van der Waals surface area contributed by atoms with Crippen molar-refractivity contribution in [2.24, 2.45) is 0 Å². The lowest BCUT2D eigenvalue weighted by molar-refractivity contribution is 0.0264. The first-order valence-electron chi connectivity index (χ1n) is 16.9. The quantitative estimate of drug-likeness (QED) is 0.177. The molecule has 0 saturated carbocycles. The summed E-state index contributed by atoms with van der Waals surface area (Å²) >= 11 is 0. The van der Waals surface area contributed by atoms with Gasteiger partial charge in [0.15, 0.2) is 0 Å². The zero-order valence-corrected chi connectivity index (χ0v) is 28.1. The number of amides is 1. The number of aryl methyl sites for hydroxylation is 1. The summed E-state index contributed by atoms with van der Waals surface area (Å²) in [7, 11) is 0. The molecule has 0 spiro atoms. The Balaban J connectivity index is 1.26. The number of hydrogen-bond donors (Lipinski definition) is 0. The second kappa shape index (κ2) is 15.5. The van der Waals surface area contributed by atoms with E-state index in [2.05, 4.69) is 71.8 Å². The van der Waals surface area contributed by atoms with Crippen LogP contribution in [0.2, 0.25) is 0 Å². The smallest absolute Gasteiger partial charge is 0.410 e. The average molecular weight is 649 g/mol. The van der Waals surface area contributed by atoms with Gasteiger partial charge in [-0.05, 0) is 47.5 Å². The molecule has 1 saturated heterocycles. The Bertz CT molecular complexity index is 1750. The number of fused-ring (bicyclic) bond motifs is 2. The summed E-state index contributed by atoms with van der Waals surface area (Å²) in [5.74, 6) is 0.748. The summed E-state index contributed by atoms with van der Waals surface area (Å²) in [4.78, 5) is 32.9. The highest BCUT2D eigenvalue weighted by molar-refractivity contribution is 5.89. The van der Waals surface area contributed by atoms with Gasteiger partial charge in [-0.1, -0.05) is 80.6 Å². The Labute approximate surface area is 283 Å². The van der Waals surface area contributed by atoms with Crippen LogP contribution < -0.4 is 9.64 Å².